The van der Waals surface area contributed by atoms with Crippen molar-refractivity contribution in [2.24, 2.45) is 4.99 Å². The molecule has 0 saturated carbocycles. The van der Waals surface area contributed by atoms with E-state index in [1.54, 1.807) is 58.2 Å². The number of nitrogens with zero attached hydrogens (tertiary/aromatic N) is 4. The Labute approximate surface area is 272 Å². The SMILES string of the molecule is COc1ccc(C2=NC(c3ccc(Cl)cc3)C(c3ccc(Cl)cc3)N2C(=O)N2CCN(C(O)C(O)C=O)CC2)c(OC(C)C)c1. The van der Waals surface area contributed by atoms with Gasteiger partial charge in [-0.3, -0.25) is 14.8 Å². The van der Waals surface area contributed by atoms with E-state index in [1.807, 2.05) is 44.2 Å². The van der Waals surface area contributed by atoms with Gasteiger partial charge in [-0.25, -0.2) is 4.79 Å². The molecule has 0 bridgehead atoms. The van der Waals surface area contributed by atoms with Gasteiger partial charge in [0.05, 0.1) is 24.8 Å². The molecule has 2 N–H and O–H groups in total. The van der Waals surface area contributed by atoms with E-state index >= 15 is 0 Å². The fourth-order valence-corrected chi connectivity index (χ4v) is 5.89. The lowest BCUT2D eigenvalue weighted by atomic mass is 9.93. The molecule has 0 spiro atoms. The van der Waals surface area contributed by atoms with Crippen molar-refractivity contribution < 1.29 is 29.3 Å². The number of amides is 2. The van der Waals surface area contributed by atoms with Gasteiger partial charge in [0.25, 0.3) is 0 Å². The third-order valence-corrected chi connectivity index (χ3v) is 8.40. The third-order valence-electron chi connectivity index (χ3n) is 7.89. The van der Waals surface area contributed by atoms with Crippen LogP contribution in [0.1, 0.15) is 42.6 Å². The predicted octanol–water partition coefficient (Wildman–Crippen LogP) is 4.95. The molecule has 10 nitrogen and oxygen atoms in total. The number of amidine groups is 1. The molecule has 12 heteroatoms. The van der Waals surface area contributed by atoms with E-state index in [0.717, 1.165) is 11.1 Å². The molecular weight excluding hydrogens is 619 g/mol. The number of hydrogen-bond acceptors (Lipinski definition) is 8. The minimum absolute atomic E-state index is 0.164. The van der Waals surface area contributed by atoms with Crippen LogP contribution in [0.3, 0.4) is 0 Å². The summed E-state index contributed by atoms with van der Waals surface area (Å²) in [5.74, 6) is 1.54. The van der Waals surface area contributed by atoms with Crippen LogP contribution in [0, 0.1) is 0 Å². The van der Waals surface area contributed by atoms with Gasteiger partial charge in [0.1, 0.15) is 35.7 Å². The van der Waals surface area contributed by atoms with Crippen molar-refractivity contribution in [2.45, 2.75) is 44.4 Å². The molecule has 1 fully saturated rings. The molecule has 0 aliphatic carbocycles. The Bertz CT molecular complexity index is 1530. The van der Waals surface area contributed by atoms with Crippen molar-refractivity contribution in [3.63, 3.8) is 0 Å². The van der Waals surface area contributed by atoms with Crippen molar-refractivity contribution in [1.29, 1.82) is 0 Å². The van der Waals surface area contributed by atoms with Crippen molar-refractivity contribution >= 4 is 41.4 Å². The summed E-state index contributed by atoms with van der Waals surface area (Å²) < 4.78 is 11.7. The highest BCUT2D eigenvalue weighted by Gasteiger charge is 2.45. The van der Waals surface area contributed by atoms with Crippen LogP contribution in [-0.2, 0) is 4.79 Å². The molecule has 2 aliphatic heterocycles. The highest BCUT2D eigenvalue weighted by molar-refractivity contribution is 6.30. The van der Waals surface area contributed by atoms with Gasteiger partial charge >= 0.3 is 6.03 Å². The summed E-state index contributed by atoms with van der Waals surface area (Å²) in [6.07, 6.45) is -2.75. The van der Waals surface area contributed by atoms with E-state index in [4.69, 9.17) is 37.7 Å². The number of aliphatic hydroxyl groups excluding tert-OH is 2. The summed E-state index contributed by atoms with van der Waals surface area (Å²) in [7, 11) is 1.58. The van der Waals surface area contributed by atoms with Gasteiger partial charge in [0, 0.05) is 42.3 Å². The first-order valence-corrected chi connectivity index (χ1v) is 15.4. The van der Waals surface area contributed by atoms with E-state index in [2.05, 4.69) is 0 Å². The molecule has 2 amide bonds. The second-order valence-electron chi connectivity index (χ2n) is 11.2. The van der Waals surface area contributed by atoms with Crippen LogP contribution < -0.4 is 9.47 Å². The van der Waals surface area contributed by atoms with E-state index in [1.165, 1.54) is 0 Å². The smallest absolute Gasteiger partial charge is 0.326 e. The van der Waals surface area contributed by atoms with Gasteiger partial charge in [-0.2, -0.15) is 0 Å². The minimum atomic E-state index is -1.53. The first-order valence-electron chi connectivity index (χ1n) is 14.7. The zero-order valence-corrected chi connectivity index (χ0v) is 26.7. The monoisotopic (exact) mass is 654 g/mol. The summed E-state index contributed by atoms with van der Waals surface area (Å²) in [6.45, 7) is 4.86. The fourth-order valence-electron chi connectivity index (χ4n) is 5.64. The molecule has 5 rings (SSSR count). The molecule has 45 heavy (non-hydrogen) atoms. The van der Waals surface area contributed by atoms with Crippen LogP contribution in [0.25, 0.3) is 0 Å². The number of rotatable bonds is 9. The average Bonchev–Trinajstić information content (AvgIpc) is 3.44. The number of urea groups is 1. The quantitative estimate of drug-likeness (QED) is 0.314. The Kier molecular flexibility index (Phi) is 10.3. The molecule has 0 aromatic heterocycles. The zero-order chi connectivity index (χ0) is 32.2. The Morgan fingerprint density at radius 3 is 2.09 bits per heavy atom. The van der Waals surface area contributed by atoms with Crippen molar-refractivity contribution in [1.82, 2.24) is 14.7 Å². The lowest BCUT2D eigenvalue weighted by molar-refractivity contribution is -0.133. The Morgan fingerprint density at radius 1 is 0.933 bits per heavy atom. The maximum atomic E-state index is 14.7. The second-order valence-corrected chi connectivity index (χ2v) is 12.1. The number of hydrogen-bond donors (Lipinski definition) is 2. The van der Waals surface area contributed by atoms with Crippen LogP contribution >= 0.6 is 23.2 Å². The molecular formula is C33H36Cl2N4O6. The predicted molar refractivity (Wildman–Crippen MR) is 172 cm³/mol. The molecule has 238 valence electrons. The number of aliphatic imine (C=N–C) groups is 1. The lowest BCUT2D eigenvalue weighted by Gasteiger charge is -2.40. The maximum absolute atomic E-state index is 14.7. The van der Waals surface area contributed by atoms with Crippen LogP contribution in [0.5, 0.6) is 11.5 Å². The first kappa shape index (κ1) is 32.7. The molecule has 1 saturated heterocycles. The number of methoxy groups -OCH3 is 1. The summed E-state index contributed by atoms with van der Waals surface area (Å²) in [6, 6.07) is 18.9. The van der Waals surface area contributed by atoms with Crippen LogP contribution in [0.15, 0.2) is 71.7 Å². The first-order chi connectivity index (χ1) is 21.6. The molecule has 3 aromatic carbocycles. The van der Waals surface area contributed by atoms with E-state index in [9.17, 15) is 19.8 Å². The largest absolute Gasteiger partial charge is 0.497 e. The van der Waals surface area contributed by atoms with Crippen LogP contribution in [-0.4, -0.2) is 94.8 Å². The number of carbonyl (C=O) groups excluding carboxylic acids is 2. The molecule has 2 aliphatic rings. The minimum Gasteiger partial charge on any atom is -0.497 e. The Morgan fingerprint density at radius 2 is 1.53 bits per heavy atom. The number of piperazine rings is 1. The topological polar surface area (TPSA) is 115 Å². The van der Waals surface area contributed by atoms with E-state index < -0.39 is 24.4 Å². The molecule has 4 unspecified atom stereocenters. The van der Waals surface area contributed by atoms with Crippen LogP contribution in [0.4, 0.5) is 4.79 Å². The average molecular weight is 656 g/mol. The highest BCUT2D eigenvalue weighted by Crippen LogP contribution is 2.46. The Balaban J connectivity index is 1.61. The van der Waals surface area contributed by atoms with Gasteiger partial charge in [-0.05, 0) is 61.4 Å². The van der Waals surface area contributed by atoms with Gasteiger partial charge in [-0.1, -0.05) is 47.5 Å². The van der Waals surface area contributed by atoms with Gasteiger partial charge in [0.15, 0.2) is 6.29 Å². The summed E-state index contributed by atoms with van der Waals surface area (Å²) in [4.78, 5) is 35.9. The molecule has 3 aromatic rings. The number of carbonyl (C=O) groups is 2. The van der Waals surface area contributed by atoms with Crippen molar-refractivity contribution in [3.8, 4) is 11.5 Å². The number of aldehydes is 1. The van der Waals surface area contributed by atoms with E-state index in [0.29, 0.717) is 39.2 Å². The van der Waals surface area contributed by atoms with Crippen LogP contribution in [0.2, 0.25) is 10.0 Å². The summed E-state index contributed by atoms with van der Waals surface area (Å²) >= 11 is 12.5. The summed E-state index contributed by atoms with van der Waals surface area (Å²) in [5, 5.41) is 21.4. The molecule has 4 atom stereocenters. The van der Waals surface area contributed by atoms with Gasteiger partial charge in [0.2, 0.25) is 0 Å². The van der Waals surface area contributed by atoms with Gasteiger partial charge < -0.3 is 29.4 Å². The number of ether oxygens (including phenoxy) is 2. The Hall–Kier alpha value is -3.67. The second kappa shape index (κ2) is 14.2. The summed E-state index contributed by atoms with van der Waals surface area (Å²) in [5.41, 5.74) is 2.31. The fraction of sp³-hybridized carbons (Fsp3) is 0.364. The maximum Gasteiger partial charge on any atom is 0.326 e. The molecule has 0 radical (unpaired) electrons. The molecule has 2 heterocycles. The highest BCUT2D eigenvalue weighted by atomic mass is 35.5. The van der Waals surface area contributed by atoms with Crippen molar-refractivity contribution in [3.05, 3.63) is 93.5 Å². The number of benzene rings is 3. The van der Waals surface area contributed by atoms with Crippen molar-refractivity contribution in [2.75, 3.05) is 33.3 Å². The lowest BCUT2D eigenvalue weighted by Crippen LogP contribution is -2.57. The van der Waals surface area contributed by atoms with Gasteiger partial charge in [-0.15, -0.1) is 0 Å². The van der Waals surface area contributed by atoms with E-state index in [-0.39, 0.29) is 38.3 Å². The normalized spacial score (nSPS) is 20.1. The standard InChI is InChI=1S/C33H36Cl2N4O6/c1-20(2)45-28-18-25(44-3)12-13-26(28)31-36-29(21-4-8-23(34)9-5-21)30(22-6-10-24(35)11-7-22)39(31)33(43)38-16-14-37(15-17-38)32(42)27(41)19-40/h4-13,18-20,27,29-30,32,41-42H,14-17H2,1-3H3. The third kappa shape index (κ3) is 7.10. The number of halogens is 2. The number of aliphatic hydroxyl groups is 2. The zero-order valence-electron chi connectivity index (χ0n) is 25.2.